The SMILES string of the molecule is Cc1sc(-c2ccco2)nc1C(=O)NNC(=O)[C@@H]1CCCO1. The molecule has 0 saturated carbocycles. The second kappa shape index (κ2) is 6.29. The molecule has 1 aliphatic rings. The minimum absolute atomic E-state index is 0.268. The molecule has 0 radical (unpaired) electrons. The minimum Gasteiger partial charge on any atom is -0.462 e. The van der Waals surface area contributed by atoms with Gasteiger partial charge < -0.3 is 9.15 Å². The van der Waals surface area contributed by atoms with E-state index in [-0.39, 0.29) is 11.6 Å². The zero-order valence-corrected chi connectivity index (χ0v) is 12.7. The third-order valence-corrected chi connectivity index (χ3v) is 4.25. The Kier molecular flexibility index (Phi) is 4.21. The number of furan rings is 1. The molecular formula is C14H15N3O4S. The Morgan fingerprint density at radius 2 is 2.27 bits per heavy atom. The molecule has 1 saturated heterocycles. The van der Waals surface area contributed by atoms with Crippen molar-refractivity contribution in [2.24, 2.45) is 0 Å². The predicted molar refractivity (Wildman–Crippen MR) is 79.1 cm³/mol. The maximum Gasteiger partial charge on any atom is 0.289 e. The average molecular weight is 321 g/mol. The molecule has 1 fully saturated rings. The molecule has 1 aliphatic heterocycles. The quantitative estimate of drug-likeness (QED) is 0.839. The molecule has 2 aromatic rings. The Morgan fingerprint density at radius 3 is 2.95 bits per heavy atom. The van der Waals surface area contributed by atoms with Gasteiger partial charge in [-0.1, -0.05) is 0 Å². The van der Waals surface area contributed by atoms with Gasteiger partial charge in [-0.2, -0.15) is 0 Å². The molecular weight excluding hydrogens is 306 g/mol. The average Bonchev–Trinajstić information content (AvgIpc) is 3.23. The summed E-state index contributed by atoms with van der Waals surface area (Å²) in [6.45, 7) is 2.37. The number of nitrogens with zero attached hydrogens (tertiary/aromatic N) is 1. The number of aromatic nitrogens is 1. The Balaban J connectivity index is 1.63. The standard InChI is InChI=1S/C14H15N3O4S/c1-8-11(15-14(22-8)10-5-3-7-21-10)13(19)17-16-12(18)9-4-2-6-20-9/h3,5,7,9H,2,4,6H2,1H3,(H,16,18)(H,17,19)/t9-/m0/s1. The molecule has 0 unspecified atom stereocenters. The molecule has 0 bridgehead atoms. The third kappa shape index (κ3) is 3.02. The lowest BCUT2D eigenvalue weighted by molar-refractivity contribution is -0.130. The van der Waals surface area contributed by atoms with Gasteiger partial charge >= 0.3 is 0 Å². The molecule has 7 nitrogen and oxygen atoms in total. The van der Waals surface area contributed by atoms with Gasteiger partial charge in [0.1, 0.15) is 11.8 Å². The number of rotatable bonds is 3. The van der Waals surface area contributed by atoms with Crippen molar-refractivity contribution in [3.8, 4) is 10.8 Å². The maximum absolute atomic E-state index is 12.1. The van der Waals surface area contributed by atoms with Crippen LogP contribution in [0.25, 0.3) is 10.8 Å². The number of hydrogen-bond donors (Lipinski definition) is 2. The van der Waals surface area contributed by atoms with Gasteiger partial charge in [0.15, 0.2) is 10.8 Å². The maximum atomic E-state index is 12.1. The zero-order chi connectivity index (χ0) is 15.5. The number of amides is 2. The monoisotopic (exact) mass is 321 g/mol. The topological polar surface area (TPSA) is 93.5 Å². The summed E-state index contributed by atoms with van der Waals surface area (Å²) < 4.78 is 10.5. The van der Waals surface area contributed by atoms with Crippen LogP contribution in [-0.4, -0.2) is 29.5 Å². The van der Waals surface area contributed by atoms with Crippen LogP contribution in [0.4, 0.5) is 0 Å². The first-order valence-electron chi connectivity index (χ1n) is 6.88. The van der Waals surface area contributed by atoms with Crippen molar-refractivity contribution in [1.29, 1.82) is 0 Å². The van der Waals surface area contributed by atoms with E-state index in [9.17, 15) is 9.59 Å². The van der Waals surface area contributed by atoms with E-state index in [0.717, 1.165) is 11.3 Å². The van der Waals surface area contributed by atoms with Crippen LogP contribution in [0.1, 0.15) is 28.2 Å². The van der Waals surface area contributed by atoms with Crippen molar-refractivity contribution >= 4 is 23.2 Å². The lowest BCUT2D eigenvalue weighted by Crippen LogP contribution is -2.46. The van der Waals surface area contributed by atoms with Gasteiger partial charge in [-0.25, -0.2) is 4.98 Å². The van der Waals surface area contributed by atoms with Gasteiger partial charge in [0.25, 0.3) is 11.8 Å². The van der Waals surface area contributed by atoms with Gasteiger partial charge in [-0.3, -0.25) is 20.4 Å². The molecule has 8 heteroatoms. The summed E-state index contributed by atoms with van der Waals surface area (Å²) in [5.41, 5.74) is 5.01. The highest BCUT2D eigenvalue weighted by atomic mass is 32.1. The summed E-state index contributed by atoms with van der Waals surface area (Å²) in [7, 11) is 0. The number of aryl methyl sites for hydroxylation is 1. The van der Waals surface area contributed by atoms with Gasteiger partial charge in [0, 0.05) is 11.5 Å². The van der Waals surface area contributed by atoms with Crippen molar-refractivity contribution in [3.63, 3.8) is 0 Å². The van der Waals surface area contributed by atoms with Gasteiger partial charge in [-0.15, -0.1) is 11.3 Å². The van der Waals surface area contributed by atoms with Crippen molar-refractivity contribution in [3.05, 3.63) is 29.0 Å². The first kappa shape index (κ1) is 14.7. The lowest BCUT2D eigenvalue weighted by atomic mass is 10.2. The highest BCUT2D eigenvalue weighted by Crippen LogP contribution is 2.27. The predicted octanol–water partition coefficient (Wildman–Crippen LogP) is 1.65. The number of carbonyl (C=O) groups excluding carboxylic acids is 2. The Bertz CT molecular complexity index is 674. The number of hydrogen-bond acceptors (Lipinski definition) is 6. The number of thiazole rings is 1. The summed E-state index contributed by atoms with van der Waals surface area (Å²) in [4.78, 5) is 28.9. The first-order valence-corrected chi connectivity index (χ1v) is 7.70. The van der Waals surface area contributed by atoms with Crippen LogP contribution in [0, 0.1) is 6.92 Å². The smallest absolute Gasteiger partial charge is 0.289 e. The Morgan fingerprint density at radius 1 is 1.41 bits per heavy atom. The van der Waals surface area contributed by atoms with E-state index in [1.54, 1.807) is 25.3 Å². The molecule has 0 aliphatic carbocycles. The fourth-order valence-electron chi connectivity index (χ4n) is 2.16. The molecule has 0 spiro atoms. The van der Waals surface area contributed by atoms with Crippen LogP contribution in [0.15, 0.2) is 22.8 Å². The lowest BCUT2D eigenvalue weighted by Gasteiger charge is -2.10. The molecule has 2 N–H and O–H groups in total. The van der Waals surface area contributed by atoms with Crippen molar-refractivity contribution in [2.45, 2.75) is 25.9 Å². The molecule has 3 rings (SSSR count). The molecule has 1 atom stereocenters. The van der Waals surface area contributed by atoms with Crippen LogP contribution < -0.4 is 10.9 Å². The molecule has 116 valence electrons. The molecule has 0 aromatic carbocycles. The van der Waals surface area contributed by atoms with E-state index in [2.05, 4.69) is 15.8 Å². The van der Waals surface area contributed by atoms with E-state index < -0.39 is 12.0 Å². The normalized spacial score (nSPS) is 17.4. The van der Waals surface area contributed by atoms with Crippen LogP contribution >= 0.6 is 11.3 Å². The van der Waals surface area contributed by atoms with Gasteiger partial charge in [0.05, 0.1) is 6.26 Å². The van der Waals surface area contributed by atoms with E-state index >= 15 is 0 Å². The highest BCUT2D eigenvalue weighted by molar-refractivity contribution is 7.15. The summed E-state index contributed by atoms with van der Waals surface area (Å²) >= 11 is 1.36. The number of ether oxygens (including phenoxy) is 1. The first-order chi connectivity index (χ1) is 10.6. The van der Waals surface area contributed by atoms with Crippen molar-refractivity contribution in [1.82, 2.24) is 15.8 Å². The van der Waals surface area contributed by atoms with Crippen LogP contribution in [-0.2, 0) is 9.53 Å². The second-order valence-electron chi connectivity index (χ2n) is 4.85. The fraction of sp³-hybridized carbons (Fsp3) is 0.357. The molecule has 22 heavy (non-hydrogen) atoms. The largest absolute Gasteiger partial charge is 0.462 e. The third-order valence-electron chi connectivity index (χ3n) is 3.26. The summed E-state index contributed by atoms with van der Waals surface area (Å²) in [5, 5.41) is 0.623. The van der Waals surface area contributed by atoms with E-state index in [1.165, 1.54) is 11.3 Å². The van der Waals surface area contributed by atoms with Crippen LogP contribution in [0.3, 0.4) is 0 Å². The second-order valence-corrected chi connectivity index (χ2v) is 6.05. The van der Waals surface area contributed by atoms with Gasteiger partial charge in [0.2, 0.25) is 0 Å². The van der Waals surface area contributed by atoms with Crippen molar-refractivity contribution < 1.29 is 18.7 Å². The molecule has 2 amide bonds. The summed E-state index contributed by atoms with van der Waals surface area (Å²) in [6.07, 6.45) is 2.58. The van der Waals surface area contributed by atoms with Crippen LogP contribution in [0.2, 0.25) is 0 Å². The highest BCUT2D eigenvalue weighted by Gasteiger charge is 2.24. The van der Waals surface area contributed by atoms with E-state index in [4.69, 9.17) is 9.15 Å². The number of hydrazine groups is 1. The summed E-state index contributed by atoms with van der Waals surface area (Å²) in [6, 6.07) is 3.53. The fourth-order valence-corrected chi connectivity index (χ4v) is 3.03. The molecule has 2 aromatic heterocycles. The van der Waals surface area contributed by atoms with Crippen LogP contribution in [0.5, 0.6) is 0 Å². The van der Waals surface area contributed by atoms with E-state index in [1.807, 2.05) is 0 Å². The van der Waals surface area contributed by atoms with Crippen molar-refractivity contribution in [2.75, 3.05) is 6.61 Å². The number of carbonyl (C=O) groups is 2. The van der Waals surface area contributed by atoms with Gasteiger partial charge in [-0.05, 0) is 31.9 Å². The summed E-state index contributed by atoms with van der Waals surface area (Å²) in [5.74, 6) is -0.196. The Hall–Kier alpha value is -2.19. The van der Waals surface area contributed by atoms with E-state index in [0.29, 0.717) is 23.8 Å². The minimum atomic E-state index is -0.490. The number of nitrogens with one attached hydrogen (secondary N) is 2. The zero-order valence-electron chi connectivity index (χ0n) is 11.9. The molecule has 3 heterocycles. The Labute approximate surface area is 130 Å².